The Kier molecular flexibility index (Phi) is 4.83. The molecule has 0 aliphatic carbocycles. The highest BCUT2D eigenvalue weighted by atomic mass is 79.9. The van der Waals surface area contributed by atoms with Crippen molar-refractivity contribution in [3.63, 3.8) is 0 Å². The zero-order valence-corrected chi connectivity index (χ0v) is 16.5. The first-order chi connectivity index (χ1) is 13.1. The van der Waals surface area contributed by atoms with Crippen LogP contribution in [-0.2, 0) is 9.53 Å². The Morgan fingerprint density at radius 3 is 2.70 bits per heavy atom. The number of rotatable bonds is 5. The Hall–Kier alpha value is -2.47. The highest BCUT2D eigenvalue weighted by Crippen LogP contribution is 2.37. The minimum Gasteiger partial charge on any atom is -0.454 e. The molecule has 2 aliphatic rings. The van der Waals surface area contributed by atoms with Gasteiger partial charge in [-0.15, -0.1) is 0 Å². The van der Waals surface area contributed by atoms with Crippen molar-refractivity contribution in [3.8, 4) is 0 Å². The number of benzene rings is 2. The van der Waals surface area contributed by atoms with E-state index in [1.54, 1.807) is 6.07 Å². The molecule has 0 saturated carbocycles. The summed E-state index contributed by atoms with van der Waals surface area (Å²) in [5.74, 6) is -0.432. The lowest BCUT2D eigenvalue weighted by molar-refractivity contribution is -0.116. The number of hydrazone groups is 1. The lowest BCUT2D eigenvalue weighted by Gasteiger charge is -2.13. The molecule has 1 unspecified atom stereocenters. The van der Waals surface area contributed by atoms with Crippen LogP contribution in [0.15, 0.2) is 52.0 Å². The highest BCUT2D eigenvalue weighted by Gasteiger charge is 2.33. The van der Waals surface area contributed by atoms with Gasteiger partial charge in [0.1, 0.15) is 6.10 Å². The summed E-state index contributed by atoms with van der Waals surface area (Å²) in [5.41, 5.74) is 3.67. The van der Waals surface area contributed by atoms with E-state index in [0.717, 1.165) is 40.6 Å². The normalized spacial score (nSPS) is 18.5. The van der Waals surface area contributed by atoms with Gasteiger partial charge >= 0.3 is 5.97 Å². The molecular weight excluding hydrogens is 408 g/mol. The summed E-state index contributed by atoms with van der Waals surface area (Å²) in [4.78, 5) is 24.7. The molecule has 138 valence electrons. The molecule has 1 amide bonds. The zero-order chi connectivity index (χ0) is 19.0. The Balaban J connectivity index is 1.62. The molecule has 2 aromatic carbocycles. The molecule has 1 atom stereocenters. The second-order valence-corrected chi connectivity index (χ2v) is 7.66. The van der Waals surface area contributed by atoms with Crippen molar-refractivity contribution in [3.05, 3.63) is 63.6 Å². The van der Waals surface area contributed by atoms with Gasteiger partial charge in [0, 0.05) is 10.0 Å². The topological polar surface area (TPSA) is 59.0 Å². The van der Waals surface area contributed by atoms with Crippen molar-refractivity contribution < 1.29 is 14.3 Å². The second-order valence-electron chi connectivity index (χ2n) is 6.74. The van der Waals surface area contributed by atoms with Crippen LogP contribution < -0.4 is 5.01 Å². The van der Waals surface area contributed by atoms with E-state index >= 15 is 0 Å². The van der Waals surface area contributed by atoms with Crippen LogP contribution in [-0.4, -0.2) is 17.6 Å². The SMILES string of the molecule is CCCCC1OC(=O)c2cc(N3N=C(c4ccc(Br)cc4)CC3=O)ccc21. The molecule has 0 saturated heterocycles. The van der Waals surface area contributed by atoms with Crippen LogP contribution in [0.5, 0.6) is 0 Å². The molecule has 2 heterocycles. The lowest BCUT2D eigenvalue weighted by atomic mass is 10.0. The van der Waals surface area contributed by atoms with Gasteiger partial charge in [0.2, 0.25) is 0 Å². The molecule has 0 spiro atoms. The molecule has 6 heteroatoms. The van der Waals surface area contributed by atoms with Crippen LogP contribution >= 0.6 is 15.9 Å². The van der Waals surface area contributed by atoms with E-state index in [1.807, 2.05) is 36.4 Å². The standard InChI is InChI=1S/C21H19BrN2O3/c1-2-3-4-19-16-10-9-15(11-17(16)21(26)27-19)24-20(25)12-18(23-24)13-5-7-14(22)8-6-13/h5-11,19H,2-4,12H2,1H3. The van der Waals surface area contributed by atoms with Crippen LogP contribution in [0.3, 0.4) is 0 Å². The summed E-state index contributed by atoms with van der Waals surface area (Å²) in [6.07, 6.45) is 2.94. The predicted molar refractivity (Wildman–Crippen MR) is 107 cm³/mol. The minimum atomic E-state index is -0.322. The number of nitrogens with zero attached hydrogens (tertiary/aromatic N) is 2. The Labute approximate surface area is 166 Å². The average Bonchev–Trinajstić information content (AvgIpc) is 3.20. The van der Waals surface area contributed by atoms with E-state index in [0.29, 0.717) is 11.3 Å². The first-order valence-electron chi connectivity index (χ1n) is 9.08. The second kappa shape index (κ2) is 7.27. The fourth-order valence-electron chi connectivity index (χ4n) is 3.43. The average molecular weight is 427 g/mol. The molecule has 0 aromatic heterocycles. The summed E-state index contributed by atoms with van der Waals surface area (Å²) in [7, 11) is 0. The van der Waals surface area contributed by atoms with Gasteiger partial charge in [-0.2, -0.15) is 5.10 Å². The van der Waals surface area contributed by atoms with Gasteiger partial charge in [-0.25, -0.2) is 9.80 Å². The molecule has 5 nitrogen and oxygen atoms in total. The Bertz CT molecular complexity index is 937. The van der Waals surface area contributed by atoms with Crippen molar-refractivity contribution in [1.82, 2.24) is 0 Å². The molecule has 0 N–H and O–H groups in total. The third kappa shape index (κ3) is 3.41. The van der Waals surface area contributed by atoms with Crippen molar-refractivity contribution in [2.75, 3.05) is 5.01 Å². The van der Waals surface area contributed by atoms with E-state index < -0.39 is 0 Å². The maximum atomic E-state index is 12.5. The zero-order valence-electron chi connectivity index (χ0n) is 14.9. The first-order valence-corrected chi connectivity index (χ1v) is 9.87. The number of fused-ring (bicyclic) bond motifs is 1. The molecule has 27 heavy (non-hydrogen) atoms. The fraction of sp³-hybridized carbons (Fsp3) is 0.286. The lowest BCUT2D eigenvalue weighted by Crippen LogP contribution is -2.19. The number of esters is 1. The monoisotopic (exact) mass is 426 g/mol. The number of hydrogen-bond acceptors (Lipinski definition) is 4. The summed E-state index contributed by atoms with van der Waals surface area (Å²) in [5, 5.41) is 5.87. The van der Waals surface area contributed by atoms with Gasteiger partial charge in [-0.05, 0) is 42.7 Å². The number of carbonyl (C=O) groups is 2. The number of anilines is 1. The molecule has 0 fully saturated rings. The predicted octanol–water partition coefficient (Wildman–Crippen LogP) is 4.99. The molecular formula is C21H19BrN2O3. The van der Waals surface area contributed by atoms with Gasteiger partial charge in [0.15, 0.2) is 0 Å². The van der Waals surface area contributed by atoms with Crippen LogP contribution in [0.25, 0.3) is 0 Å². The van der Waals surface area contributed by atoms with Gasteiger partial charge in [-0.3, -0.25) is 4.79 Å². The van der Waals surface area contributed by atoms with Crippen molar-refractivity contribution in [2.45, 2.75) is 38.7 Å². The molecule has 0 radical (unpaired) electrons. The van der Waals surface area contributed by atoms with Gasteiger partial charge in [0.25, 0.3) is 5.91 Å². The third-order valence-corrected chi connectivity index (χ3v) is 5.40. The Morgan fingerprint density at radius 1 is 1.19 bits per heavy atom. The van der Waals surface area contributed by atoms with E-state index in [-0.39, 0.29) is 24.4 Å². The first kappa shape index (κ1) is 17.9. The number of cyclic esters (lactones) is 1. The Morgan fingerprint density at radius 2 is 1.96 bits per heavy atom. The van der Waals surface area contributed by atoms with Crippen LogP contribution in [0.4, 0.5) is 5.69 Å². The quantitative estimate of drug-likeness (QED) is 0.632. The third-order valence-electron chi connectivity index (χ3n) is 4.87. The molecule has 0 bridgehead atoms. The van der Waals surface area contributed by atoms with Crippen LogP contribution in [0.2, 0.25) is 0 Å². The van der Waals surface area contributed by atoms with E-state index in [2.05, 4.69) is 28.0 Å². The summed E-state index contributed by atoms with van der Waals surface area (Å²) in [6.45, 7) is 2.11. The summed E-state index contributed by atoms with van der Waals surface area (Å²) >= 11 is 3.41. The van der Waals surface area contributed by atoms with Gasteiger partial charge < -0.3 is 4.74 Å². The minimum absolute atomic E-state index is 0.109. The highest BCUT2D eigenvalue weighted by molar-refractivity contribution is 9.10. The van der Waals surface area contributed by atoms with Crippen molar-refractivity contribution >= 4 is 39.2 Å². The largest absolute Gasteiger partial charge is 0.454 e. The van der Waals surface area contributed by atoms with Crippen LogP contribution in [0, 0.1) is 0 Å². The van der Waals surface area contributed by atoms with Gasteiger partial charge in [-0.1, -0.05) is 47.5 Å². The number of amides is 1. The number of unbranched alkanes of at least 4 members (excludes halogenated alkanes) is 1. The molecule has 4 rings (SSSR count). The number of ether oxygens (including phenoxy) is 1. The van der Waals surface area contributed by atoms with Crippen LogP contribution in [0.1, 0.15) is 60.2 Å². The molecule has 2 aliphatic heterocycles. The van der Waals surface area contributed by atoms with E-state index in [1.165, 1.54) is 5.01 Å². The fourth-order valence-corrected chi connectivity index (χ4v) is 3.69. The number of hydrogen-bond donors (Lipinski definition) is 0. The van der Waals surface area contributed by atoms with Crippen molar-refractivity contribution in [1.29, 1.82) is 0 Å². The summed E-state index contributed by atoms with van der Waals surface area (Å²) in [6, 6.07) is 13.1. The van der Waals surface area contributed by atoms with E-state index in [9.17, 15) is 9.59 Å². The maximum Gasteiger partial charge on any atom is 0.339 e. The summed E-state index contributed by atoms with van der Waals surface area (Å²) < 4.78 is 6.47. The maximum absolute atomic E-state index is 12.5. The number of carbonyl (C=O) groups excluding carboxylic acids is 2. The molecule has 2 aromatic rings. The number of halogens is 1. The van der Waals surface area contributed by atoms with Crippen molar-refractivity contribution in [2.24, 2.45) is 5.10 Å². The van der Waals surface area contributed by atoms with Gasteiger partial charge in [0.05, 0.1) is 23.4 Å². The smallest absolute Gasteiger partial charge is 0.339 e. The van der Waals surface area contributed by atoms with E-state index in [4.69, 9.17) is 4.74 Å².